The molecule has 1 aromatic heterocycles. The third kappa shape index (κ3) is 5.33. The Hall–Kier alpha value is -0.870. The third-order valence-corrected chi connectivity index (χ3v) is 3.89. The van der Waals surface area contributed by atoms with Gasteiger partial charge in [0.15, 0.2) is 0 Å². The van der Waals surface area contributed by atoms with E-state index in [0.29, 0.717) is 6.54 Å². The maximum absolute atomic E-state index is 10.7. The lowest BCUT2D eigenvalue weighted by Crippen LogP contribution is -2.29. The van der Waals surface area contributed by atoms with E-state index in [1.165, 1.54) is 16.7 Å². The number of rotatable bonds is 5. The molecule has 4 heteroatoms. The highest BCUT2D eigenvalue weighted by Crippen LogP contribution is 2.29. The fraction of sp³-hybridized carbons (Fsp3) is 0.615. The lowest BCUT2D eigenvalue weighted by atomic mass is 9.95. The van der Waals surface area contributed by atoms with Crippen LogP contribution in [0.25, 0.3) is 0 Å². The number of hydrogen-bond acceptors (Lipinski definition) is 3. The minimum absolute atomic E-state index is 0.0259. The summed E-state index contributed by atoms with van der Waals surface area (Å²) in [5.74, 6) is 0.0259. The van der Waals surface area contributed by atoms with Crippen LogP contribution in [0.1, 0.15) is 37.4 Å². The van der Waals surface area contributed by atoms with E-state index < -0.39 is 0 Å². The Morgan fingerprint density at radius 1 is 1.29 bits per heavy atom. The van der Waals surface area contributed by atoms with Crippen LogP contribution in [-0.4, -0.2) is 19.0 Å². The van der Waals surface area contributed by atoms with Gasteiger partial charge < -0.3 is 10.6 Å². The molecule has 1 heterocycles. The molecule has 0 aromatic carbocycles. The number of amides is 1. The average molecular weight is 254 g/mol. The molecule has 0 saturated carbocycles. The first kappa shape index (κ1) is 14.2. The highest BCUT2D eigenvalue weighted by atomic mass is 32.1. The summed E-state index contributed by atoms with van der Waals surface area (Å²) in [6.45, 7) is 10.6. The Morgan fingerprint density at radius 2 is 2.00 bits per heavy atom. The maximum Gasteiger partial charge on any atom is 0.216 e. The molecular weight excluding hydrogens is 232 g/mol. The Kier molecular flexibility index (Phi) is 5.15. The molecular formula is C13H22N2OS. The fourth-order valence-corrected chi connectivity index (χ4v) is 2.45. The van der Waals surface area contributed by atoms with Crippen molar-refractivity contribution in [3.63, 3.8) is 0 Å². The maximum atomic E-state index is 10.7. The molecule has 0 atom stereocenters. The molecule has 0 fully saturated rings. The normalized spacial score (nSPS) is 11.5. The van der Waals surface area contributed by atoms with Crippen LogP contribution < -0.4 is 10.6 Å². The third-order valence-electron chi connectivity index (χ3n) is 2.38. The second-order valence-electron chi connectivity index (χ2n) is 5.18. The molecule has 0 aliphatic heterocycles. The molecule has 17 heavy (non-hydrogen) atoms. The van der Waals surface area contributed by atoms with Crippen LogP contribution in [0.4, 0.5) is 0 Å². The first-order chi connectivity index (χ1) is 7.89. The van der Waals surface area contributed by atoms with Gasteiger partial charge in [0.05, 0.1) is 0 Å². The van der Waals surface area contributed by atoms with Gasteiger partial charge in [0.1, 0.15) is 0 Å². The quantitative estimate of drug-likeness (QED) is 0.791. The first-order valence-electron chi connectivity index (χ1n) is 5.94. The molecule has 0 radical (unpaired) electrons. The summed E-state index contributed by atoms with van der Waals surface area (Å²) in [5, 5.41) is 6.08. The minimum Gasteiger partial charge on any atom is -0.355 e. The molecule has 2 N–H and O–H groups in total. The van der Waals surface area contributed by atoms with Crippen molar-refractivity contribution in [3.8, 4) is 0 Å². The van der Waals surface area contributed by atoms with Gasteiger partial charge >= 0.3 is 0 Å². The van der Waals surface area contributed by atoms with E-state index in [-0.39, 0.29) is 11.3 Å². The molecule has 0 aliphatic carbocycles. The van der Waals surface area contributed by atoms with E-state index in [2.05, 4.69) is 43.5 Å². The van der Waals surface area contributed by atoms with Crippen molar-refractivity contribution in [2.75, 3.05) is 13.1 Å². The SMILES string of the molecule is CC(=O)NCCNCc1ccc(C(C)(C)C)s1. The summed E-state index contributed by atoms with van der Waals surface area (Å²) >= 11 is 1.85. The van der Waals surface area contributed by atoms with Crippen molar-refractivity contribution in [1.29, 1.82) is 0 Å². The summed E-state index contributed by atoms with van der Waals surface area (Å²) in [4.78, 5) is 13.4. The summed E-state index contributed by atoms with van der Waals surface area (Å²) < 4.78 is 0. The van der Waals surface area contributed by atoms with Crippen molar-refractivity contribution in [2.24, 2.45) is 0 Å². The Morgan fingerprint density at radius 3 is 2.53 bits per heavy atom. The highest BCUT2D eigenvalue weighted by Gasteiger charge is 2.15. The van der Waals surface area contributed by atoms with E-state index in [9.17, 15) is 4.79 Å². The van der Waals surface area contributed by atoms with E-state index in [0.717, 1.165) is 13.1 Å². The van der Waals surface area contributed by atoms with Gasteiger partial charge in [0.2, 0.25) is 5.91 Å². The van der Waals surface area contributed by atoms with Crippen LogP contribution in [0.5, 0.6) is 0 Å². The highest BCUT2D eigenvalue weighted by molar-refractivity contribution is 7.12. The molecule has 0 unspecified atom stereocenters. The van der Waals surface area contributed by atoms with Crippen molar-refractivity contribution in [2.45, 2.75) is 39.7 Å². The lowest BCUT2D eigenvalue weighted by molar-refractivity contribution is -0.118. The standard InChI is InChI=1S/C13H22N2OS/c1-10(16)15-8-7-14-9-11-5-6-12(17-11)13(2,3)4/h5-6,14H,7-9H2,1-4H3,(H,15,16). The lowest BCUT2D eigenvalue weighted by Gasteiger charge is -2.15. The molecule has 1 rings (SSSR count). The molecule has 0 spiro atoms. The predicted molar refractivity (Wildman–Crippen MR) is 73.4 cm³/mol. The van der Waals surface area contributed by atoms with Crippen LogP contribution in [0.2, 0.25) is 0 Å². The topological polar surface area (TPSA) is 41.1 Å². The van der Waals surface area contributed by atoms with Gasteiger partial charge in [-0.1, -0.05) is 20.8 Å². The summed E-state index contributed by atoms with van der Waals surface area (Å²) in [6, 6.07) is 4.38. The summed E-state index contributed by atoms with van der Waals surface area (Å²) in [7, 11) is 0. The molecule has 1 aromatic rings. The van der Waals surface area contributed by atoms with E-state index in [1.807, 2.05) is 11.3 Å². The molecule has 96 valence electrons. The van der Waals surface area contributed by atoms with Crippen LogP contribution >= 0.6 is 11.3 Å². The van der Waals surface area contributed by atoms with Crippen LogP contribution in [0, 0.1) is 0 Å². The van der Waals surface area contributed by atoms with Crippen molar-refractivity contribution >= 4 is 17.2 Å². The number of hydrogen-bond donors (Lipinski definition) is 2. The number of nitrogens with one attached hydrogen (secondary N) is 2. The Labute approximate surface area is 108 Å². The summed E-state index contributed by atoms with van der Waals surface area (Å²) in [6.07, 6.45) is 0. The number of carbonyl (C=O) groups is 1. The van der Waals surface area contributed by atoms with Gasteiger partial charge in [-0.2, -0.15) is 0 Å². The molecule has 1 amide bonds. The van der Waals surface area contributed by atoms with E-state index in [4.69, 9.17) is 0 Å². The van der Waals surface area contributed by atoms with Crippen LogP contribution in [-0.2, 0) is 16.8 Å². The van der Waals surface area contributed by atoms with Gasteiger partial charge in [0, 0.05) is 36.3 Å². The fourth-order valence-electron chi connectivity index (χ4n) is 1.41. The van der Waals surface area contributed by atoms with E-state index in [1.54, 1.807) is 0 Å². The van der Waals surface area contributed by atoms with Crippen molar-refractivity contribution in [3.05, 3.63) is 21.9 Å². The second kappa shape index (κ2) is 6.17. The van der Waals surface area contributed by atoms with Crippen LogP contribution in [0.3, 0.4) is 0 Å². The summed E-state index contributed by atoms with van der Waals surface area (Å²) in [5.41, 5.74) is 0.235. The van der Waals surface area contributed by atoms with Gasteiger partial charge in [-0.15, -0.1) is 11.3 Å². The molecule has 0 bridgehead atoms. The first-order valence-corrected chi connectivity index (χ1v) is 6.75. The number of thiophene rings is 1. The number of carbonyl (C=O) groups excluding carboxylic acids is 1. The second-order valence-corrected chi connectivity index (χ2v) is 6.34. The van der Waals surface area contributed by atoms with Gasteiger partial charge in [-0.25, -0.2) is 0 Å². The Bertz CT molecular complexity index is 366. The minimum atomic E-state index is 0.0259. The molecule has 0 aliphatic rings. The van der Waals surface area contributed by atoms with Gasteiger partial charge in [0.25, 0.3) is 0 Å². The molecule has 3 nitrogen and oxygen atoms in total. The smallest absolute Gasteiger partial charge is 0.216 e. The zero-order valence-electron chi connectivity index (χ0n) is 11.1. The zero-order chi connectivity index (χ0) is 12.9. The van der Waals surface area contributed by atoms with Crippen molar-refractivity contribution < 1.29 is 4.79 Å². The molecule has 0 saturated heterocycles. The van der Waals surface area contributed by atoms with Crippen molar-refractivity contribution in [1.82, 2.24) is 10.6 Å². The van der Waals surface area contributed by atoms with Gasteiger partial charge in [-0.05, 0) is 17.5 Å². The monoisotopic (exact) mass is 254 g/mol. The Balaban J connectivity index is 2.28. The van der Waals surface area contributed by atoms with Crippen LogP contribution in [0.15, 0.2) is 12.1 Å². The zero-order valence-corrected chi connectivity index (χ0v) is 11.9. The largest absolute Gasteiger partial charge is 0.355 e. The predicted octanol–water partition coefficient (Wildman–Crippen LogP) is 2.27. The van der Waals surface area contributed by atoms with E-state index >= 15 is 0 Å². The average Bonchev–Trinajstić information content (AvgIpc) is 2.64. The van der Waals surface area contributed by atoms with Gasteiger partial charge in [-0.3, -0.25) is 4.79 Å².